The molecule has 0 unspecified atom stereocenters. The van der Waals surface area contributed by atoms with Gasteiger partial charge in [0.05, 0.1) is 17.1 Å². The number of hydrogen-bond acceptors (Lipinski definition) is 4. The standard InChI is InChI=1S/C12H14F2N2O4/c1-2-3-4-10(12(17)18)15-11-8(13)5-7(16(19)20)6-9(11)14/h5-6,10,15H,2-4H2,1H3,(H,17,18)/t10-/m0/s1. The van der Waals surface area contributed by atoms with E-state index in [1.54, 1.807) is 0 Å². The fourth-order valence-electron chi connectivity index (χ4n) is 1.64. The maximum absolute atomic E-state index is 13.6. The normalized spacial score (nSPS) is 11.9. The molecule has 6 nitrogen and oxygen atoms in total. The molecule has 2 N–H and O–H groups in total. The van der Waals surface area contributed by atoms with Crippen LogP contribution in [0.5, 0.6) is 0 Å². The zero-order valence-corrected chi connectivity index (χ0v) is 10.7. The average molecular weight is 288 g/mol. The van der Waals surface area contributed by atoms with E-state index in [4.69, 9.17) is 5.11 Å². The van der Waals surface area contributed by atoms with E-state index in [1.807, 2.05) is 6.92 Å². The number of nitro benzene ring substituents is 1. The molecule has 1 aromatic rings. The summed E-state index contributed by atoms with van der Waals surface area (Å²) in [7, 11) is 0. The van der Waals surface area contributed by atoms with Crippen molar-refractivity contribution in [2.45, 2.75) is 32.2 Å². The van der Waals surface area contributed by atoms with Crippen LogP contribution in [0.1, 0.15) is 26.2 Å². The number of carboxylic acid groups (broad SMARTS) is 1. The lowest BCUT2D eigenvalue weighted by Crippen LogP contribution is -2.30. The number of halogens is 2. The van der Waals surface area contributed by atoms with Gasteiger partial charge in [0.25, 0.3) is 5.69 Å². The Morgan fingerprint density at radius 3 is 2.40 bits per heavy atom. The summed E-state index contributed by atoms with van der Waals surface area (Å²) in [5, 5.41) is 21.7. The number of hydrogen-bond donors (Lipinski definition) is 2. The molecule has 1 aromatic carbocycles. The molecule has 1 atom stereocenters. The van der Waals surface area contributed by atoms with Crippen molar-refractivity contribution in [3.8, 4) is 0 Å². The van der Waals surface area contributed by atoms with E-state index in [0.717, 1.165) is 6.42 Å². The molecule has 0 spiro atoms. The monoisotopic (exact) mass is 288 g/mol. The molecule has 0 aromatic heterocycles. The summed E-state index contributed by atoms with van der Waals surface area (Å²) in [4.78, 5) is 20.5. The van der Waals surface area contributed by atoms with Crippen molar-refractivity contribution in [3.05, 3.63) is 33.9 Å². The zero-order valence-electron chi connectivity index (χ0n) is 10.7. The predicted molar refractivity (Wildman–Crippen MR) is 67.6 cm³/mol. The Kier molecular flexibility index (Phi) is 5.36. The number of nitrogens with zero attached hydrogens (tertiary/aromatic N) is 1. The number of rotatable bonds is 7. The first kappa shape index (κ1) is 15.8. The van der Waals surface area contributed by atoms with Crippen molar-refractivity contribution < 1.29 is 23.6 Å². The molecule has 0 bridgehead atoms. The molecule has 0 aliphatic heterocycles. The molecule has 8 heteroatoms. The Morgan fingerprint density at radius 2 is 2.00 bits per heavy atom. The van der Waals surface area contributed by atoms with E-state index < -0.39 is 39.9 Å². The number of anilines is 1. The van der Waals surface area contributed by atoms with Crippen LogP contribution in [0.25, 0.3) is 0 Å². The van der Waals surface area contributed by atoms with Crippen LogP contribution in [0.15, 0.2) is 12.1 Å². The number of aliphatic carboxylic acids is 1. The van der Waals surface area contributed by atoms with Gasteiger partial charge in [-0.2, -0.15) is 0 Å². The van der Waals surface area contributed by atoms with Crippen LogP contribution in [-0.4, -0.2) is 22.0 Å². The molecular formula is C12H14F2N2O4. The van der Waals surface area contributed by atoms with Crippen molar-refractivity contribution in [2.24, 2.45) is 0 Å². The summed E-state index contributed by atoms with van der Waals surface area (Å²) >= 11 is 0. The van der Waals surface area contributed by atoms with E-state index in [9.17, 15) is 23.7 Å². The smallest absolute Gasteiger partial charge is 0.326 e. The highest BCUT2D eigenvalue weighted by molar-refractivity contribution is 5.77. The average Bonchev–Trinajstić information content (AvgIpc) is 2.36. The second-order valence-corrected chi connectivity index (χ2v) is 4.22. The van der Waals surface area contributed by atoms with Crippen molar-refractivity contribution in [1.82, 2.24) is 0 Å². The fourth-order valence-corrected chi connectivity index (χ4v) is 1.64. The highest BCUT2D eigenvalue weighted by Crippen LogP contribution is 2.26. The van der Waals surface area contributed by atoms with Crippen LogP contribution in [0.2, 0.25) is 0 Å². The van der Waals surface area contributed by atoms with Crippen LogP contribution in [0, 0.1) is 21.7 Å². The van der Waals surface area contributed by atoms with E-state index >= 15 is 0 Å². The van der Waals surface area contributed by atoms with Gasteiger partial charge >= 0.3 is 5.97 Å². The largest absolute Gasteiger partial charge is 0.480 e. The molecule has 0 saturated carbocycles. The van der Waals surface area contributed by atoms with Gasteiger partial charge in [-0.15, -0.1) is 0 Å². The number of benzene rings is 1. The van der Waals surface area contributed by atoms with Crippen molar-refractivity contribution in [1.29, 1.82) is 0 Å². The van der Waals surface area contributed by atoms with E-state index in [0.29, 0.717) is 18.6 Å². The minimum Gasteiger partial charge on any atom is -0.480 e. The number of non-ortho nitro benzene ring substituents is 1. The van der Waals surface area contributed by atoms with Crippen LogP contribution >= 0.6 is 0 Å². The first-order valence-corrected chi connectivity index (χ1v) is 5.99. The van der Waals surface area contributed by atoms with Gasteiger partial charge < -0.3 is 10.4 Å². The topological polar surface area (TPSA) is 92.5 Å². The lowest BCUT2D eigenvalue weighted by Gasteiger charge is -2.16. The Labute approximate surface area is 113 Å². The van der Waals surface area contributed by atoms with Crippen LogP contribution in [-0.2, 0) is 4.79 Å². The quantitative estimate of drug-likeness (QED) is 0.594. The van der Waals surface area contributed by atoms with Crippen molar-refractivity contribution in [3.63, 3.8) is 0 Å². The number of carboxylic acids is 1. The summed E-state index contributed by atoms with van der Waals surface area (Å²) in [5.74, 6) is -3.63. The zero-order chi connectivity index (χ0) is 15.3. The van der Waals surface area contributed by atoms with E-state index in [1.165, 1.54) is 0 Å². The molecule has 0 radical (unpaired) electrons. The van der Waals surface area contributed by atoms with Gasteiger partial charge in [-0.05, 0) is 6.42 Å². The maximum atomic E-state index is 13.6. The Morgan fingerprint density at radius 1 is 1.45 bits per heavy atom. The first-order chi connectivity index (χ1) is 9.36. The first-order valence-electron chi connectivity index (χ1n) is 5.99. The molecule has 20 heavy (non-hydrogen) atoms. The Balaban J connectivity index is 3.01. The van der Waals surface area contributed by atoms with Crippen molar-refractivity contribution in [2.75, 3.05) is 5.32 Å². The van der Waals surface area contributed by atoms with E-state index in [2.05, 4.69) is 5.32 Å². The number of carbonyl (C=O) groups is 1. The Hall–Kier alpha value is -2.25. The molecule has 0 fully saturated rings. The van der Waals surface area contributed by atoms with Crippen molar-refractivity contribution >= 4 is 17.3 Å². The molecule has 0 saturated heterocycles. The van der Waals surface area contributed by atoms with Gasteiger partial charge in [-0.1, -0.05) is 19.8 Å². The summed E-state index contributed by atoms with van der Waals surface area (Å²) < 4.78 is 27.2. The van der Waals surface area contributed by atoms with E-state index in [-0.39, 0.29) is 6.42 Å². The lowest BCUT2D eigenvalue weighted by atomic mass is 10.1. The third kappa shape index (κ3) is 3.87. The number of nitrogens with one attached hydrogen (secondary N) is 1. The molecule has 1 rings (SSSR count). The molecule has 0 heterocycles. The lowest BCUT2D eigenvalue weighted by molar-refractivity contribution is -0.385. The van der Waals surface area contributed by atoms with Crippen LogP contribution < -0.4 is 5.32 Å². The van der Waals surface area contributed by atoms with Gasteiger partial charge in [0.2, 0.25) is 0 Å². The van der Waals surface area contributed by atoms with Gasteiger partial charge in [0.1, 0.15) is 11.7 Å². The summed E-state index contributed by atoms with van der Waals surface area (Å²) in [5.41, 5.74) is -1.40. The highest BCUT2D eigenvalue weighted by atomic mass is 19.1. The third-order valence-electron chi connectivity index (χ3n) is 2.70. The SMILES string of the molecule is CCCC[C@H](Nc1c(F)cc([N+](=O)[O-])cc1F)C(=O)O. The predicted octanol–water partition coefficient (Wildman–Crippen LogP) is 2.93. The summed E-state index contributed by atoms with van der Waals surface area (Å²) in [6.45, 7) is 1.85. The maximum Gasteiger partial charge on any atom is 0.326 e. The molecule has 0 aliphatic rings. The van der Waals surface area contributed by atoms with Gasteiger partial charge in [-0.25, -0.2) is 13.6 Å². The number of unbranched alkanes of at least 4 members (excludes halogenated alkanes) is 1. The second-order valence-electron chi connectivity index (χ2n) is 4.22. The Bertz CT molecular complexity index is 499. The summed E-state index contributed by atoms with van der Waals surface area (Å²) in [6.07, 6.45) is 1.50. The number of nitro groups is 1. The van der Waals surface area contributed by atoms with Gasteiger partial charge in [-0.3, -0.25) is 10.1 Å². The molecule has 110 valence electrons. The van der Waals surface area contributed by atoms with Crippen LogP contribution in [0.3, 0.4) is 0 Å². The molecule has 0 aliphatic carbocycles. The fraction of sp³-hybridized carbons (Fsp3) is 0.417. The van der Waals surface area contributed by atoms with Gasteiger partial charge in [0, 0.05) is 0 Å². The molecule has 0 amide bonds. The minimum absolute atomic E-state index is 0.196. The molecular weight excluding hydrogens is 274 g/mol. The third-order valence-corrected chi connectivity index (χ3v) is 2.70. The summed E-state index contributed by atoms with van der Waals surface area (Å²) in [6, 6.07) is -0.0608. The minimum atomic E-state index is -1.24. The second kappa shape index (κ2) is 6.78. The highest BCUT2D eigenvalue weighted by Gasteiger charge is 2.22. The van der Waals surface area contributed by atoms with Crippen LogP contribution in [0.4, 0.5) is 20.2 Å². The van der Waals surface area contributed by atoms with Gasteiger partial charge in [0.15, 0.2) is 11.6 Å².